The van der Waals surface area contributed by atoms with E-state index in [2.05, 4.69) is 0 Å². The van der Waals surface area contributed by atoms with Crippen molar-refractivity contribution in [3.05, 3.63) is 43.9 Å². The zero-order chi connectivity index (χ0) is 18.5. The highest BCUT2D eigenvalue weighted by molar-refractivity contribution is 7.71. The Balaban J connectivity index is 2.31. The van der Waals surface area contributed by atoms with E-state index in [-0.39, 0.29) is 27.5 Å². The van der Waals surface area contributed by atoms with Crippen LogP contribution >= 0.6 is 12.2 Å². The summed E-state index contributed by atoms with van der Waals surface area (Å²) < 4.78 is 18.5. The Morgan fingerprint density at radius 3 is 2.44 bits per heavy atom. The van der Waals surface area contributed by atoms with Crippen LogP contribution in [-0.4, -0.2) is 34.4 Å². The number of hydrogen-bond acceptors (Lipinski definition) is 7. The third-order valence-corrected chi connectivity index (χ3v) is 4.77. The largest absolute Gasteiger partial charge is 0.494 e. The van der Waals surface area contributed by atoms with Crippen LogP contribution in [0.2, 0.25) is 0 Å². The van der Waals surface area contributed by atoms with Gasteiger partial charge in [0.2, 0.25) is 5.88 Å². The molecular weight excluding hydrogens is 348 g/mol. The maximum Gasteiger partial charge on any atom is 0.343 e. The lowest BCUT2D eigenvalue weighted by molar-refractivity contribution is 0.0446. The lowest BCUT2D eigenvalue weighted by Crippen LogP contribution is -2.27. The number of cyclic esters (lactones) is 1. The number of aromatic hydroxyl groups is 1. The molecule has 1 N–H and O–H groups in total. The Bertz CT molecular complexity index is 1010. The first-order chi connectivity index (χ1) is 11.8. The highest BCUT2D eigenvalue weighted by Crippen LogP contribution is 2.44. The number of rotatable bonds is 3. The second-order valence-corrected chi connectivity index (χ2v) is 5.86. The lowest BCUT2D eigenvalue weighted by atomic mass is 9.99. The predicted molar refractivity (Wildman–Crippen MR) is 90.0 cm³/mol. The van der Waals surface area contributed by atoms with Gasteiger partial charge in [0.15, 0.2) is 22.4 Å². The van der Waals surface area contributed by atoms with Crippen LogP contribution in [0, 0.1) is 4.77 Å². The first-order valence-electron chi connectivity index (χ1n) is 7.28. The van der Waals surface area contributed by atoms with Gasteiger partial charge in [-0.1, -0.05) is 6.07 Å². The zero-order valence-electron chi connectivity index (χ0n) is 14.0. The molecule has 1 aliphatic heterocycles. The van der Waals surface area contributed by atoms with Crippen molar-refractivity contribution < 1.29 is 24.1 Å². The zero-order valence-corrected chi connectivity index (χ0v) is 14.8. The molecule has 1 aromatic carbocycles. The van der Waals surface area contributed by atoms with Crippen LogP contribution in [0.25, 0.3) is 0 Å². The highest BCUT2D eigenvalue weighted by atomic mass is 32.1. The summed E-state index contributed by atoms with van der Waals surface area (Å²) in [5, 5.41) is 10.4. The Morgan fingerprint density at radius 1 is 1.16 bits per heavy atom. The molecule has 25 heavy (non-hydrogen) atoms. The summed E-state index contributed by atoms with van der Waals surface area (Å²) in [6.45, 7) is 0. The maximum absolute atomic E-state index is 12.6. The van der Waals surface area contributed by atoms with E-state index >= 15 is 0 Å². The number of esters is 1. The van der Waals surface area contributed by atoms with Crippen LogP contribution in [0.1, 0.15) is 27.6 Å². The number of benzene rings is 1. The summed E-state index contributed by atoms with van der Waals surface area (Å²) in [6, 6.07) is 3.21. The second kappa shape index (κ2) is 5.92. The molecule has 0 saturated heterocycles. The second-order valence-electron chi connectivity index (χ2n) is 5.49. The summed E-state index contributed by atoms with van der Waals surface area (Å²) >= 11 is 5.10. The summed E-state index contributed by atoms with van der Waals surface area (Å²) in [4.78, 5) is 25.0. The van der Waals surface area contributed by atoms with Crippen molar-refractivity contribution in [2.24, 2.45) is 14.1 Å². The minimum absolute atomic E-state index is 0.0714. The van der Waals surface area contributed by atoms with E-state index in [9.17, 15) is 14.7 Å². The number of aromatic nitrogens is 2. The van der Waals surface area contributed by atoms with Crippen molar-refractivity contribution in [2.45, 2.75) is 6.10 Å². The van der Waals surface area contributed by atoms with Crippen molar-refractivity contribution in [3.63, 3.8) is 0 Å². The standard InChI is InChI=1S/C16H16N2O6S/c1-17-13(19)10(14(20)18(2)16(17)25)11-7-5-6-8(22-3)12(23-4)9(7)15(21)24-11/h5-6,11,19H,1-4H3/t11-/m0/s1. The molecule has 0 fully saturated rings. The van der Waals surface area contributed by atoms with Gasteiger partial charge in [0, 0.05) is 19.7 Å². The monoisotopic (exact) mass is 364 g/mol. The molecule has 0 bridgehead atoms. The fourth-order valence-corrected chi connectivity index (χ4v) is 3.07. The summed E-state index contributed by atoms with van der Waals surface area (Å²) in [7, 11) is 5.86. The molecule has 3 rings (SSSR count). The quantitative estimate of drug-likeness (QED) is 0.651. The number of methoxy groups -OCH3 is 2. The molecule has 0 unspecified atom stereocenters. The number of carbonyl (C=O) groups excluding carboxylic acids is 1. The van der Waals surface area contributed by atoms with Crippen molar-refractivity contribution in [1.29, 1.82) is 0 Å². The van der Waals surface area contributed by atoms with Gasteiger partial charge < -0.3 is 19.3 Å². The minimum Gasteiger partial charge on any atom is -0.494 e. The molecular formula is C16H16N2O6S. The average molecular weight is 364 g/mol. The molecule has 1 aromatic heterocycles. The molecule has 2 aromatic rings. The van der Waals surface area contributed by atoms with Crippen molar-refractivity contribution in [3.8, 4) is 17.4 Å². The van der Waals surface area contributed by atoms with Gasteiger partial charge >= 0.3 is 5.97 Å². The Kier molecular flexibility index (Phi) is 4.03. The van der Waals surface area contributed by atoms with Crippen molar-refractivity contribution >= 4 is 18.2 Å². The summed E-state index contributed by atoms with van der Waals surface area (Å²) in [5.41, 5.74) is -0.0375. The SMILES string of the molecule is COc1ccc2c(c1OC)C(=O)O[C@@H]2c1c(O)n(C)c(=S)n(C)c1=O. The third-order valence-electron chi connectivity index (χ3n) is 4.22. The fourth-order valence-electron chi connectivity index (χ4n) is 2.90. The van der Waals surface area contributed by atoms with E-state index in [1.165, 1.54) is 37.4 Å². The van der Waals surface area contributed by atoms with Gasteiger partial charge in [0.05, 0.1) is 14.2 Å². The van der Waals surface area contributed by atoms with Crippen LogP contribution < -0.4 is 15.0 Å². The van der Waals surface area contributed by atoms with Gasteiger partial charge in [-0.3, -0.25) is 13.9 Å². The topological polar surface area (TPSA) is 91.9 Å². The predicted octanol–water partition coefficient (Wildman–Crippen LogP) is 1.44. The first kappa shape index (κ1) is 17.0. The third kappa shape index (κ3) is 2.30. The van der Waals surface area contributed by atoms with Crippen LogP contribution in [-0.2, 0) is 18.8 Å². The molecule has 8 nitrogen and oxygen atoms in total. The Morgan fingerprint density at radius 2 is 1.84 bits per heavy atom. The molecule has 2 heterocycles. The van der Waals surface area contributed by atoms with Gasteiger partial charge in [-0.25, -0.2) is 4.79 Å². The van der Waals surface area contributed by atoms with E-state index in [1.807, 2.05) is 0 Å². The van der Waals surface area contributed by atoms with Crippen LogP contribution in [0.5, 0.6) is 17.4 Å². The minimum atomic E-state index is -1.07. The smallest absolute Gasteiger partial charge is 0.343 e. The normalized spacial score (nSPS) is 15.7. The molecule has 0 aliphatic carbocycles. The summed E-state index contributed by atoms with van der Waals surface area (Å²) in [5.74, 6) is -0.439. The lowest BCUT2D eigenvalue weighted by Gasteiger charge is -2.16. The van der Waals surface area contributed by atoms with Gasteiger partial charge in [0.25, 0.3) is 5.56 Å². The van der Waals surface area contributed by atoms with E-state index in [1.54, 1.807) is 12.1 Å². The molecule has 0 spiro atoms. The highest BCUT2D eigenvalue weighted by Gasteiger charge is 2.40. The number of ether oxygens (including phenoxy) is 3. The average Bonchev–Trinajstić information content (AvgIpc) is 2.94. The molecule has 0 amide bonds. The van der Waals surface area contributed by atoms with Crippen molar-refractivity contribution in [1.82, 2.24) is 9.13 Å². The van der Waals surface area contributed by atoms with Crippen molar-refractivity contribution in [2.75, 3.05) is 14.2 Å². The molecule has 132 valence electrons. The first-order valence-corrected chi connectivity index (χ1v) is 7.69. The van der Waals surface area contributed by atoms with Gasteiger partial charge in [0.1, 0.15) is 11.1 Å². The molecule has 1 atom stereocenters. The van der Waals surface area contributed by atoms with E-state index in [4.69, 9.17) is 26.4 Å². The van der Waals surface area contributed by atoms with Crippen LogP contribution in [0.4, 0.5) is 0 Å². The van der Waals surface area contributed by atoms with Gasteiger partial charge in [-0.05, 0) is 18.3 Å². The molecule has 0 radical (unpaired) electrons. The Labute approximate surface area is 147 Å². The van der Waals surface area contributed by atoms with E-state index in [0.29, 0.717) is 11.3 Å². The van der Waals surface area contributed by atoms with E-state index < -0.39 is 17.6 Å². The molecule has 9 heteroatoms. The Hall–Kier alpha value is -2.81. The molecule has 0 saturated carbocycles. The summed E-state index contributed by atoms with van der Waals surface area (Å²) in [6.07, 6.45) is -1.07. The van der Waals surface area contributed by atoms with Gasteiger partial charge in [-0.2, -0.15) is 0 Å². The van der Waals surface area contributed by atoms with Crippen LogP contribution in [0.3, 0.4) is 0 Å². The number of carbonyl (C=O) groups is 1. The maximum atomic E-state index is 12.6. The van der Waals surface area contributed by atoms with E-state index in [0.717, 1.165) is 0 Å². The number of nitrogens with zero attached hydrogens (tertiary/aromatic N) is 2. The van der Waals surface area contributed by atoms with Gasteiger partial charge in [-0.15, -0.1) is 0 Å². The number of fused-ring (bicyclic) bond motifs is 1. The fraction of sp³-hybridized carbons (Fsp3) is 0.312. The van der Waals surface area contributed by atoms with Crippen LogP contribution in [0.15, 0.2) is 16.9 Å². The molecule has 1 aliphatic rings. The number of hydrogen-bond donors (Lipinski definition) is 1.